The van der Waals surface area contributed by atoms with Gasteiger partial charge in [0.2, 0.25) is 11.7 Å². The Labute approximate surface area is 143 Å². The molecular weight excluding hydrogens is 326 g/mol. The first kappa shape index (κ1) is 16.2. The number of esters is 1. The van der Waals surface area contributed by atoms with Crippen LogP contribution in [0.3, 0.4) is 0 Å². The van der Waals surface area contributed by atoms with E-state index < -0.39 is 0 Å². The molecule has 1 aromatic carbocycles. The van der Waals surface area contributed by atoms with Crippen molar-refractivity contribution in [2.75, 3.05) is 11.9 Å². The molecule has 2 heterocycles. The van der Waals surface area contributed by atoms with Gasteiger partial charge < -0.3 is 14.6 Å². The van der Waals surface area contributed by atoms with Crippen LogP contribution in [-0.4, -0.2) is 22.7 Å². The zero-order valence-electron chi connectivity index (χ0n) is 13.2. The summed E-state index contributed by atoms with van der Waals surface area (Å²) >= 11 is 1.59. The number of nitrogens with one attached hydrogen (secondary N) is 1. The fourth-order valence-electron chi connectivity index (χ4n) is 2.02. The highest BCUT2D eigenvalue weighted by Crippen LogP contribution is 2.19. The van der Waals surface area contributed by atoms with Crippen molar-refractivity contribution in [2.24, 2.45) is 0 Å². The minimum absolute atomic E-state index is 0.305. The predicted molar refractivity (Wildman–Crippen MR) is 92.0 cm³/mol. The zero-order chi connectivity index (χ0) is 16.8. The fraction of sp³-hybridized carbons (Fsp3) is 0.235. The molecule has 0 radical (unpaired) electrons. The molecule has 0 aliphatic carbocycles. The Balaban J connectivity index is 1.56. The van der Waals surface area contributed by atoms with Crippen molar-refractivity contribution in [1.82, 2.24) is 10.1 Å². The molecule has 3 rings (SSSR count). The van der Waals surface area contributed by atoms with Gasteiger partial charge in [-0.15, -0.1) is 0 Å². The van der Waals surface area contributed by atoms with E-state index in [1.54, 1.807) is 23.5 Å². The monoisotopic (exact) mass is 343 g/mol. The van der Waals surface area contributed by atoms with Gasteiger partial charge in [-0.3, -0.25) is 0 Å². The number of benzene rings is 1. The summed E-state index contributed by atoms with van der Waals surface area (Å²) in [5, 5.41) is 11.1. The highest BCUT2D eigenvalue weighted by atomic mass is 32.1. The average molecular weight is 343 g/mol. The molecule has 0 amide bonds. The van der Waals surface area contributed by atoms with Crippen molar-refractivity contribution >= 4 is 23.0 Å². The van der Waals surface area contributed by atoms with Crippen molar-refractivity contribution in [2.45, 2.75) is 19.9 Å². The highest BCUT2D eigenvalue weighted by Gasteiger charge is 2.09. The lowest BCUT2D eigenvalue weighted by atomic mass is 10.2. The smallest absolute Gasteiger partial charge is 0.338 e. The second-order valence-electron chi connectivity index (χ2n) is 5.09. The number of hydrogen-bond donors (Lipinski definition) is 1. The molecule has 0 fully saturated rings. The predicted octanol–water partition coefficient (Wildman–Crippen LogP) is 3.98. The second-order valence-corrected chi connectivity index (χ2v) is 5.87. The van der Waals surface area contributed by atoms with Crippen LogP contribution >= 0.6 is 11.3 Å². The Morgan fingerprint density at radius 2 is 2.12 bits per heavy atom. The van der Waals surface area contributed by atoms with Gasteiger partial charge in [-0.1, -0.05) is 12.1 Å². The molecule has 0 spiro atoms. The average Bonchev–Trinajstić information content (AvgIpc) is 3.29. The van der Waals surface area contributed by atoms with E-state index in [1.165, 1.54) is 0 Å². The minimum atomic E-state index is -0.305. The molecule has 0 unspecified atom stereocenters. The number of nitrogens with zero attached hydrogens (tertiary/aromatic N) is 2. The van der Waals surface area contributed by atoms with E-state index in [1.807, 2.05) is 35.9 Å². The van der Waals surface area contributed by atoms with Gasteiger partial charge in [0.05, 0.1) is 18.7 Å². The van der Waals surface area contributed by atoms with E-state index >= 15 is 0 Å². The summed E-state index contributed by atoms with van der Waals surface area (Å²) in [7, 11) is 0. The molecule has 6 nitrogen and oxygen atoms in total. The molecule has 3 aromatic rings. The normalized spacial score (nSPS) is 10.5. The van der Waals surface area contributed by atoms with Crippen LogP contribution in [0.25, 0.3) is 11.4 Å². The number of carbonyl (C=O) groups excluding carboxylic acids is 1. The molecule has 24 heavy (non-hydrogen) atoms. The van der Waals surface area contributed by atoms with E-state index in [2.05, 4.69) is 15.5 Å². The van der Waals surface area contributed by atoms with E-state index in [9.17, 15) is 4.79 Å². The molecule has 0 bridgehead atoms. The Morgan fingerprint density at radius 3 is 2.83 bits per heavy atom. The molecule has 124 valence electrons. The topological polar surface area (TPSA) is 77.2 Å². The Hall–Kier alpha value is -2.67. The van der Waals surface area contributed by atoms with Crippen molar-refractivity contribution < 1.29 is 14.1 Å². The van der Waals surface area contributed by atoms with Crippen LogP contribution < -0.4 is 5.32 Å². The third-order valence-corrected chi connectivity index (χ3v) is 3.93. The van der Waals surface area contributed by atoms with Crippen molar-refractivity contribution in [3.63, 3.8) is 0 Å². The lowest BCUT2D eigenvalue weighted by Gasteiger charge is -2.05. The maximum Gasteiger partial charge on any atom is 0.338 e. The van der Waals surface area contributed by atoms with Crippen LogP contribution in [0, 0.1) is 0 Å². The Kier molecular flexibility index (Phi) is 5.22. The summed E-state index contributed by atoms with van der Waals surface area (Å²) in [5.41, 5.74) is 2.34. The summed E-state index contributed by atoms with van der Waals surface area (Å²) in [4.78, 5) is 16.1. The molecule has 0 aliphatic rings. The lowest BCUT2D eigenvalue weighted by Crippen LogP contribution is -2.06. The molecule has 0 saturated heterocycles. The van der Waals surface area contributed by atoms with E-state index in [4.69, 9.17) is 9.26 Å². The standard InChI is InChI=1S/C17H17N3O3S/c1-2-8-22-17(21)12-3-5-14(6-4-12)18-10-15-19-16(20-23-15)13-7-9-24-11-13/h3-7,9,11,18H,2,8,10H2,1H3. The van der Waals surface area contributed by atoms with Gasteiger partial charge in [0.25, 0.3) is 0 Å². The molecule has 2 aromatic heterocycles. The van der Waals surface area contributed by atoms with Crippen LogP contribution in [0.2, 0.25) is 0 Å². The quantitative estimate of drug-likeness (QED) is 0.654. The SMILES string of the molecule is CCCOC(=O)c1ccc(NCc2nc(-c3ccsc3)no2)cc1. The van der Waals surface area contributed by atoms with Gasteiger partial charge in [0.15, 0.2) is 0 Å². The van der Waals surface area contributed by atoms with Gasteiger partial charge in [0, 0.05) is 16.6 Å². The second kappa shape index (κ2) is 7.74. The van der Waals surface area contributed by atoms with Gasteiger partial charge in [-0.05, 0) is 42.1 Å². The molecule has 7 heteroatoms. The van der Waals surface area contributed by atoms with Gasteiger partial charge >= 0.3 is 5.97 Å². The molecule has 1 N–H and O–H groups in total. The van der Waals surface area contributed by atoms with Gasteiger partial charge in [-0.25, -0.2) is 4.79 Å². The van der Waals surface area contributed by atoms with E-state index in [0.717, 1.165) is 17.7 Å². The highest BCUT2D eigenvalue weighted by molar-refractivity contribution is 7.08. The maximum absolute atomic E-state index is 11.7. The molecule has 0 saturated carbocycles. The number of ether oxygens (including phenoxy) is 1. The van der Waals surface area contributed by atoms with Crippen LogP contribution in [0.1, 0.15) is 29.6 Å². The summed E-state index contributed by atoms with van der Waals surface area (Å²) in [6.07, 6.45) is 0.808. The van der Waals surface area contributed by atoms with Crippen LogP contribution in [0.5, 0.6) is 0 Å². The number of aromatic nitrogens is 2. The maximum atomic E-state index is 11.7. The fourth-order valence-corrected chi connectivity index (χ4v) is 2.65. The summed E-state index contributed by atoms with van der Waals surface area (Å²) in [5.74, 6) is 0.783. The first-order valence-electron chi connectivity index (χ1n) is 7.62. The van der Waals surface area contributed by atoms with Crippen molar-refractivity contribution in [3.05, 3.63) is 52.5 Å². The largest absolute Gasteiger partial charge is 0.462 e. The van der Waals surface area contributed by atoms with Crippen molar-refractivity contribution in [1.29, 1.82) is 0 Å². The molecular formula is C17H17N3O3S. The van der Waals surface area contributed by atoms with Crippen LogP contribution in [0.15, 0.2) is 45.6 Å². The number of anilines is 1. The van der Waals surface area contributed by atoms with Crippen molar-refractivity contribution in [3.8, 4) is 11.4 Å². The number of hydrogen-bond acceptors (Lipinski definition) is 7. The zero-order valence-corrected chi connectivity index (χ0v) is 14.0. The van der Waals surface area contributed by atoms with E-state index in [-0.39, 0.29) is 5.97 Å². The number of thiophene rings is 1. The van der Waals surface area contributed by atoms with Gasteiger partial charge in [-0.2, -0.15) is 16.3 Å². The van der Waals surface area contributed by atoms with Crippen LogP contribution in [0.4, 0.5) is 5.69 Å². The molecule has 0 aliphatic heterocycles. The summed E-state index contributed by atoms with van der Waals surface area (Å²) in [6, 6.07) is 9.04. The van der Waals surface area contributed by atoms with Gasteiger partial charge in [0.1, 0.15) is 0 Å². The first-order chi connectivity index (χ1) is 11.8. The Bertz CT molecular complexity index is 782. The third kappa shape index (κ3) is 3.99. The summed E-state index contributed by atoms with van der Waals surface area (Å²) in [6.45, 7) is 2.81. The summed E-state index contributed by atoms with van der Waals surface area (Å²) < 4.78 is 10.3. The first-order valence-corrected chi connectivity index (χ1v) is 8.56. The minimum Gasteiger partial charge on any atom is -0.462 e. The Morgan fingerprint density at radius 1 is 1.29 bits per heavy atom. The van der Waals surface area contributed by atoms with E-state index in [0.29, 0.717) is 30.4 Å². The third-order valence-electron chi connectivity index (χ3n) is 3.25. The lowest BCUT2D eigenvalue weighted by molar-refractivity contribution is 0.0505. The van der Waals surface area contributed by atoms with Crippen LogP contribution in [-0.2, 0) is 11.3 Å². The number of rotatable bonds is 7. The number of carbonyl (C=O) groups is 1. The molecule has 0 atom stereocenters.